The summed E-state index contributed by atoms with van der Waals surface area (Å²) in [6, 6.07) is 0. The van der Waals surface area contributed by atoms with Crippen molar-refractivity contribution < 1.29 is 42.9 Å². The largest absolute Gasteiger partial charge is 0.477 e. The minimum absolute atomic E-state index is 0.185. The SMILES string of the molecule is CCC/C=C\C/C=C\CCCCCCCC(=O)OC(COC(=O)CCCCCCCCCCCCCCCCCCCCC/C=C\CCCCCCCCCC)COC(OCC[N+](C)(C)C)C(=O)O. The van der Waals surface area contributed by atoms with E-state index in [-0.39, 0.29) is 32.2 Å². The van der Waals surface area contributed by atoms with Crippen LogP contribution in [0, 0.1) is 0 Å². The summed E-state index contributed by atoms with van der Waals surface area (Å²) in [4.78, 5) is 37.3. The second-order valence-electron chi connectivity index (χ2n) is 20.9. The highest BCUT2D eigenvalue weighted by Crippen LogP contribution is 2.17. The number of carbonyl (C=O) groups is 3. The maximum absolute atomic E-state index is 12.8. The van der Waals surface area contributed by atoms with Crippen LogP contribution in [-0.4, -0.2) is 87.4 Å². The van der Waals surface area contributed by atoms with Crippen molar-refractivity contribution in [2.24, 2.45) is 0 Å². The van der Waals surface area contributed by atoms with Gasteiger partial charge in [-0.25, -0.2) is 4.79 Å². The summed E-state index contributed by atoms with van der Waals surface area (Å²) in [7, 11) is 5.96. The molecule has 0 aromatic carbocycles. The fourth-order valence-corrected chi connectivity index (χ4v) is 8.34. The van der Waals surface area contributed by atoms with Gasteiger partial charge in [-0.1, -0.05) is 230 Å². The first kappa shape index (κ1) is 66.5. The summed E-state index contributed by atoms with van der Waals surface area (Å²) in [5, 5.41) is 9.67. The number of esters is 2. The number of hydrogen-bond acceptors (Lipinski definition) is 7. The number of carboxylic acids is 1. The highest BCUT2D eigenvalue weighted by molar-refractivity contribution is 5.71. The van der Waals surface area contributed by atoms with E-state index >= 15 is 0 Å². The molecule has 0 saturated carbocycles. The Kier molecular flexibility index (Phi) is 50.0. The summed E-state index contributed by atoms with van der Waals surface area (Å²) < 4.78 is 22.8. The van der Waals surface area contributed by atoms with Gasteiger partial charge in [0.15, 0.2) is 6.10 Å². The first-order valence-electron chi connectivity index (χ1n) is 29.2. The van der Waals surface area contributed by atoms with E-state index in [2.05, 4.69) is 50.3 Å². The molecule has 0 radical (unpaired) electrons. The Bertz CT molecular complexity index is 1230. The predicted molar refractivity (Wildman–Crippen MR) is 291 cm³/mol. The van der Waals surface area contributed by atoms with Crippen LogP contribution in [0.5, 0.6) is 0 Å². The second-order valence-corrected chi connectivity index (χ2v) is 20.9. The quantitative estimate of drug-likeness (QED) is 0.0211. The molecular weight excluding hydrogens is 863 g/mol. The van der Waals surface area contributed by atoms with Gasteiger partial charge in [-0.3, -0.25) is 9.59 Å². The third-order valence-electron chi connectivity index (χ3n) is 12.9. The molecule has 2 unspecified atom stereocenters. The number of likely N-dealkylation sites (N-methyl/N-ethyl adjacent to an activating group) is 1. The Morgan fingerprint density at radius 3 is 1.22 bits per heavy atom. The van der Waals surface area contributed by atoms with E-state index in [0.717, 1.165) is 64.2 Å². The van der Waals surface area contributed by atoms with Crippen LogP contribution < -0.4 is 0 Å². The molecule has 0 aliphatic carbocycles. The average molecular weight is 976 g/mol. The molecule has 9 nitrogen and oxygen atoms in total. The number of carboxylic acid groups (broad SMARTS) is 1. The molecule has 0 aromatic rings. The minimum atomic E-state index is -1.51. The summed E-state index contributed by atoms with van der Waals surface area (Å²) in [5.74, 6) is -2.01. The topological polar surface area (TPSA) is 108 Å². The summed E-state index contributed by atoms with van der Waals surface area (Å²) in [6.45, 7) is 4.82. The van der Waals surface area contributed by atoms with E-state index in [4.69, 9.17) is 18.9 Å². The van der Waals surface area contributed by atoms with Gasteiger partial charge >= 0.3 is 17.9 Å². The molecule has 9 heteroatoms. The van der Waals surface area contributed by atoms with Crippen LogP contribution in [0.4, 0.5) is 0 Å². The normalized spacial score (nSPS) is 13.0. The van der Waals surface area contributed by atoms with Crippen molar-refractivity contribution in [3.63, 3.8) is 0 Å². The number of quaternary nitrogens is 1. The first-order chi connectivity index (χ1) is 33.6. The second kappa shape index (κ2) is 51.9. The zero-order valence-corrected chi connectivity index (χ0v) is 46.0. The maximum atomic E-state index is 12.8. The third-order valence-corrected chi connectivity index (χ3v) is 12.9. The molecule has 404 valence electrons. The van der Waals surface area contributed by atoms with Crippen molar-refractivity contribution in [3.8, 4) is 0 Å². The standard InChI is InChI=1S/C60H111NO8/c1-6-8-10-12-14-16-18-20-21-22-23-24-25-26-27-28-29-30-31-32-33-34-35-36-37-39-40-42-44-46-48-50-57(62)67-54-56(55-68-60(59(64)65)66-53-52-61(3,4)5)69-58(63)51-49-47-45-43-41-38-19-17-15-13-11-9-7-2/h11,13,17,19,22-23,56,60H,6-10,12,14-16,18,20-21,24-55H2,1-5H3/p+1/b13-11-,19-17-,23-22-. The number of hydrogen-bond donors (Lipinski definition) is 1. The van der Waals surface area contributed by atoms with Crippen molar-refractivity contribution in [1.29, 1.82) is 0 Å². The lowest BCUT2D eigenvalue weighted by molar-refractivity contribution is -0.870. The van der Waals surface area contributed by atoms with E-state index in [1.165, 1.54) is 173 Å². The Morgan fingerprint density at radius 2 is 0.812 bits per heavy atom. The van der Waals surface area contributed by atoms with Gasteiger partial charge in [0.2, 0.25) is 0 Å². The number of ether oxygens (including phenoxy) is 4. The lowest BCUT2D eigenvalue weighted by Gasteiger charge is -2.25. The molecule has 1 N–H and O–H groups in total. The van der Waals surface area contributed by atoms with E-state index in [1.807, 2.05) is 21.1 Å². The van der Waals surface area contributed by atoms with Crippen molar-refractivity contribution in [2.45, 2.75) is 283 Å². The lowest BCUT2D eigenvalue weighted by atomic mass is 10.0. The molecule has 0 saturated heterocycles. The monoisotopic (exact) mass is 975 g/mol. The Morgan fingerprint density at radius 1 is 0.435 bits per heavy atom. The van der Waals surface area contributed by atoms with E-state index in [0.29, 0.717) is 23.9 Å². The number of nitrogens with zero attached hydrogens (tertiary/aromatic N) is 1. The van der Waals surface area contributed by atoms with Gasteiger partial charge in [-0.2, -0.15) is 0 Å². The molecule has 0 aliphatic rings. The number of rotatable bonds is 54. The molecule has 69 heavy (non-hydrogen) atoms. The van der Waals surface area contributed by atoms with Crippen LogP contribution >= 0.6 is 0 Å². The van der Waals surface area contributed by atoms with Crippen molar-refractivity contribution in [1.82, 2.24) is 0 Å². The summed E-state index contributed by atoms with van der Waals surface area (Å²) >= 11 is 0. The third kappa shape index (κ3) is 53.1. The highest BCUT2D eigenvalue weighted by Gasteiger charge is 2.25. The van der Waals surface area contributed by atoms with Crippen molar-refractivity contribution in [3.05, 3.63) is 36.5 Å². The van der Waals surface area contributed by atoms with Crippen molar-refractivity contribution >= 4 is 17.9 Å². The maximum Gasteiger partial charge on any atom is 0.361 e. The molecule has 2 atom stereocenters. The first-order valence-corrected chi connectivity index (χ1v) is 29.2. The van der Waals surface area contributed by atoms with Crippen LogP contribution in [-0.2, 0) is 33.3 Å². The summed E-state index contributed by atoms with van der Waals surface area (Å²) in [5.41, 5.74) is 0. The van der Waals surface area contributed by atoms with Crippen LogP contribution in [0.25, 0.3) is 0 Å². The number of unbranched alkanes of at least 4 members (excludes halogenated alkanes) is 33. The number of aliphatic carboxylic acids is 1. The van der Waals surface area contributed by atoms with Crippen LogP contribution in [0.1, 0.15) is 271 Å². The van der Waals surface area contributed by atoms with Gasteiger partial charge < -0.3 is 28.5 Å². The van der Waals surface area contributed by atoms with Gasteiger partial charge in [0.25, 0.3) is 6.29 Å². The predicted octanol–water partition coefficient (Wildman–Crippen LogP) is 16.9. The Balaban J connectivity index is 4.05. The van der Waals surface area contributed by atoms with E-state index in [9.17, 15) is 19.5 Å². The van der Waals surface area contributed by atoms with Gasteiger partial charge in [-0.15, -0.1) is 0 Å². The molecule has 0 bridgehead atoms. The van der Waals surface area contributed by atoms with Crippen LogP contribution in [0.15, 0.2) is 36.5 Å². The zero-order chi connectivity index (χ0) is 50.6. The number of allylic oxidation sites excluding steroid dienone is 6. The molecule has 0 fully saturated rings. The zero-order valence-electron chi connectivity index (χ0n) is 46.0. The van der Waals surface area contributed by atoms with Gasteiger partial charge in [0.05, 0.1) is 34.4 Å². The molecule has 0 heterocycles. The fourth-order valence-electron chi connectivity index (χ4n) is 8.34. The van der Waals surface area contributed by atoms with Gasteiger partial charge in [0.1, 0.15) is 13.2 Å². The van der Waals surface area contributed by atoms with Crippen molar-refractivity contribution in [2.75, 3.05) is 47.5 Å². The number of carbonyl (C=O) groups excluding carboxylic acids is 2. The smallest absolute Gasteiger partial charge is 0.361 e. The van der Waals surface area contributed by atoms with Gasteiger partial charge in [0, 0.05) is 12.8 Å². The van der Waals surface area contributed by atoms with E-state index < -0.39 is 24.3 Å². The summed E-state index contributed by atoms with van der Waals surface area (Å²) in [6.07, 6.45) is 59.6. The highest BCUT2D eigenvalue weighted by atomic mass is 16.7. The average Bonchev–Trinajstić information content (AvgIpc) is 3.31. The van der Waals surface area contributed by atoms with Crippen LogP contribution in [0.2, 0.25) is 0 Å². The molecule has 0 spiro atoms. The van der Waals surface area contributed by atoms with Gasteiger partial charge in [-0.05, 0) is 64.2 Å². The minimum Gasteiger partial charge on any atom is -0.477 e. The fraction of sp³-hybridized carbons (Fsp3) is 0.850. The molecule has 0 amide bonds. The molecule has 0 rings (SSSR count). The molecular formula is C60H112NO8+. The lowest BCUT2D eigenvalue weighted by Crippen LogP contribution is -2.40. The Hall–Kier alpha value is -2.49. The van der Waals surface area contributed by atoms with E-state index in [1.54, 1.807) is 0 Å². The molecule has 0 aromatic heterocycles. The molecule has 0 aliphatic heterocycles. The Labute approximate surface area is 426 Å². The van der Waals surface area contributed by atoms with Crippen LogP contribution in [0.3, 0.4) is 0 Å².